The molecule has 0 radical (unpaired) electrons. The third-order valence-electron chi connectivity index (χ3n) is 3.17. The number of carbonyl (C=O) groups is 2. The molecule has 0 fully saturated rings. The molecule has 0 atom stereocenters. The molecule has 124 valence electrons. The third kappa shape index (κ3) is 4.61. The van der Waals surface area contributed by atoms with Gasteiger partial charge in [0.2, 0.25) is 0 Å². The fraction of sp³-hybridized carbons (Fsp3) is 0.111. The Morgan fingerprint density at radius 1 is 0.917 bits per heavy atom. The molecule has 24 heavy (non-hydrogen) atoms. The monoisotopic (exact) mass is 326 g/mol. The van der Waals surface area contributed by atoms with Gasteiger partial charge in [-0.25, -0.2) is 0 Å². The van der Waals surface area contributed by atoms with Crippen LogP contribution in [0.1, 0.15) is 15.9 Å². The first kappa shape index (κ1) is 17.1. The van der Waals surface area contributed by atoms with Crippen LogP contribution >= 0.6 is 0 Å². The number of carbonyl (C=O) groups excluding carboxylic acids is 2. The summed E-state index contributed by atoms with van der Waals surface area (Å²) in [5.74, 6) is 0.0504. The highest BCUT2D eigenvalue weighted by Gasteiger charge is 2.10. The average molecular weight is 326 g/mol. The van der Waals surface area contributed by atoms with E-state index >= 15 is 0 Å². The minimum atomic E-state index is -0.461. The van der Waals surface area contributed by atoms with E-state index in [0.29, 0.717) is 17.1 Å². The van der Waals surface area contributed by atoms with E-state index in [4.69, 9.17) is 9.47 Å². The lowest BCUT2D eigenvalue weighted by atomic mass is 10.2. The van der Waals surface area contributed by atoms with E-state index in [-0.39, 0.29) is 0 Å². The molecule has 6 nitrogen and oxygen atoms in total. The van der Waals surface area contributed by atoms with E-state index in [1.54, 1.807) is 18.2 Å². The Labute approximate surface area is 140 Å². The summed E-state index contributed by atoms with van der Waals surface area (Å²) < 4.78 is 10.2. The highest BCUT2D eigenvalue weighted by Crippen LogP contribution is 2.27. The topological polar surface area (TPSA) is 76.7 Å². The molecule has 0 spiro atoms. The second-order valence-electron chi connectivity index (χ2n) is 4.76. The predicted octanol–water partition coefficient (Wildman–Crippen LogP) is 2.18. The summed E-state index contributed by atoms with van der Waals surface area (Å²) in [6.45, 7) is 0. The molecule has 2 N–H and O–H groups in total. The zero-order chi connectivity index (χ0) is 17.4. The summed E-state index contributed by atoms with van der Waals surface area (Å²) >= 11 is 0. The summed E-state index contributed by atoms with van der Waals surface area (Å²) in [7, 11) is 2.99. The SMILES string of the molecule is COc1ccc(C(=O)NNC(=O)C=Cc2ccccc2)cc1OC. The number of nitrogens with one attached hydrogen (secondary N) is 2. The summed E-state index contributed by atoms with van der Waals surface area (Å²) in [4.78, 5) is 23.8. The normalized spacial score (nSPS) is 10.2. The molecule has 0 aliphatic carbocycles. The van der Waals surface area contributed by atoms with E-state index in [9.17, 15) is 9.59 Å². The van der Waals surface area contributed by atoms with E-state index in [2.05, 4.69) is 10.9 Å². The summed E-state index contributed by atoms with van der Waals surface area (Å²) in [5.41, 5.74) is 5.88. The molecule has 0 aliphatic rings. The molecular formula is C18H18N2O4. The fourth-order valence-electron chi connectivity index (χ4n) is 1.95. The van der Waals surface area contributed by atoms with Gasteiger partial charge in [0.25, 0.3) is 11.8 Å². The van der Waals surface area contributed by atoms with Gasteiger partial charge in [-0.15, -0.1) is 0 Å². The third-order valence-corrected chi connectivity index (χ3v) is 3.17. The molecule has 2 amide bonds. The van der Waals surface area contributed by atoms with Gasteiger partial charge in [0.05, 0.1) is 14.2 Å². The van der Waals surface area contributed by atoms with Crippen molar-refractivity contribution in [3.63, 3.8) is 0 Å². The molecule has 2 aromatic carbocycles. The van der Waals surface area contributed by atoms with Gasteiger partial charge < -0.3 is 9.47 Å². The minimum Gasteiger partial charge on any atom is -0.493 e. The molecular weight excluding hydrogens is 308 g/mol. The standard InChI is InChI=1S/C18H18N2O4/c1-23-15-10-9-14(12-16(15)24-2)18(22)20-19-17(21)11-8-13-6-4-3-5-7-13/h3-12H,1-2H3,(H,19,21)(H,20,22). The van der Waals surface area contributed by atoms with Gasteiger partial charge in [0.15, 0.2) is 11.5 Å². The lowest BCUT2D eigenvalue weighted by Crippen LogP contribution is -2.40. The maximum Gasteiger partial charge on any atom is 0.269 e. The summed E-state index contributed by atoms with van der Waals surface area (Å²) in [5, 5.41) is 0. The lowest BCUT2D eigenvalue weighted by Gasteiger charge is -2.10. The van der Waals surface area contributed by atoms with Crippen LogP contribution in [0.2, 0.25) is 0 Å². The van der Waals surface area contributed by atoms with Crippen LogP contribution in [0.15, 0.2) is 54.6 Å². The maximum absolute atomic E-state index is 12.0. The lowest BCUT2D eigenvalue weighted by molar-refractivity contribution is -0.117. The Hall–Kier alpha value is -3.28. The predicted molar refractivity (Wildman–Crippen MR) is 90.6 cm³/mol. The number of methoxy groups -OCH3 is 2. The Balaban J connectivity index is 1.93. The smallest absolute Gasteiger partial charge is 0.269 e. The molecule has 0 aliphatic heterocycles. The van der Waals surface area contributed by atoms with Gasteiger partial charge in [-0.2, -0.15) is 0 Å². The number of rotatable bonds is 5. The minimum absolute atomic E-state index is 0.333. The number of hydrogen-bond donors (Lipinski definition) is 2. The molecule has 0 bridgehead atoms. The first-order valence-electron chi connectivity index (χ1n) is 7.19. The van der Waals surface area contributed by atoms with E-state index in [1.807, 2.05) is 30.3 Å². The molecule has 0 unspecified atom stereocenters. The quantitative estimate of drug-likeness (QED) is 0.652. The highest BCUT2D eigenvalue weighted by molar-refractivity contribution is 5.98. The number of amides is 2. The van der Waals surface area contributed by atoms with E-state index in [1.165, 1.54) is 26.4 Å². The fourth-order valence-corrected chi connectivity index (χ4v) is 1.95. The van der Waals surface area contributed by atoms with Gasteiger partial charge in [-0.05, 0) is 29.8 Å². The van der Waals surface area contributed by atoms with Gasteiger partial charge >= 0.3 is 0 Å². The van der Waals surface area contributed by atoms with Gasteiger partial charge in [-0.3, -0.25) is 20.4 Å². The molecule has 0 saturated heterocycles. The van der Waals surface area contributed by atoms with Crippen LogP contribution in [0.25, 0.3) is 6.08 Å². The van der Waals surface area contributed by atoms with Crippen LogP contribution in [0.4, 0.5) is 0 Å². The van der Waals surface area contributed by atoms with Crippen LogP contribution in [-0.4, -0.2) is 26.0 Å². The largest absolute Gasteiger partial charge is 0.493 e. The second kappa shape index (κ2) is 8.38. The van der Waals surface area contributed by atoms with Crippen molar-refractivity contribution in [3.05, 3.63) is 65.7 Å². The van der Waals surface area contributed by atoms with Crippen LogP contribution in [-0.2, 0) is 4.79 Å². The Kier molecular flexibility index (Phi) is 5.96. The molecule has 2 aromatic rings. The van der Waals surface area contributed by atoms with Crippen molar-refractivity contribution < 1.29 is 19.1 Å². The Morgan fingerprint density at radius 3 is 2.29 bits per heavy atom. The first-order valence-corrected chi connectivity index (χ1v) is 7.19. The van der Waals surface area contributed by atoms with Crippen LogP contribution < -0.4 is 20.3 Å². The van der Waals surface area contributed by atoms with Crippen molar-refractivity contribution >= 4 is 17.9 Å². The van der Waals surface area contributed by atoms with Crippen molar-refractivity contribution in [3.8, 4) is 11.5 Å². The number of hydrazine groups is 1. The molecule has 0 saturated carbocycles. The van der Waals surface area contributed by atoms with Crippen molar-refractivity contribution in [1.82, 2.24) is 10.9 Å². The molecule has 2 rings (SSSR count). The second-order valence-corrected chi connectivity index (χ2v) is 4.76. The van der Waals surface area contributed by atoms with Gasteiger partial charge in [0, 0.05) is 11.6 Å². The zero-order valence-electron chi connectivity index (χ0n) is 13.4. The van der Waals surface area contributed by atoms with Gasteiger partial charge in [0.1, 0.15) is 0 Å². The average Bonchev–Trinajstić information content (AvgIpc) is 2.64. The van der Waals surface area contributed by atoms with Crippen LogP contribution in [0.3, 0.4) is 0 Å². The Morgan fingerprint density at radius 2 is 1.62 bits per heavy atom. The summed E-state index contributed by atoms with van der Waals surface area (Å²) in [6, 6.07) is 14.1. The number of hydrogen-bond acceptors (Lipinski definition) is 4. The van der Waals surface area contributed by atoms with E-state index < -0.39 is 11.8 Å². The highest BCUT2D eigenvalue weighted by atomic mass is 16.5. The number of ether oxygens (including phenoxy) is 2. The van der Waals surface area contributed by atoms with Gasteiger partial charge in [-0.1, -0.05) is 30.3 Å². The Bertz CT molecular complexity index is 742. The zero-order valence-corrected chi connectivity index (χ0v) is 13.4. The van der Waals surface area contributed by atoms with Crippen LogP contribution in [0.5, 0.6) is 11.5 Å². The molecule has 0 aromatic heterocycles. The first-order chi connectivity index (χ1) is 11.6. The molecule has 6 heteroatoms. The van der Waals surface area contributed by atoms with Crippen LogP contribution in [0, 0.1) is 0 Å². The maximum atomic E-state index is 12.0. The van der Waals surface area contributed by atoms with Crippen molar-refractivity contribution in [1.29, 1.82) is 0 Å². The van der Waals surface area contributed by atoms with E-state index in [0.717, 1.165) is 5.56 Å². The number of benzene rings is 2. The van der Waals surface area contributed by atoms with Crippen molar-refractivity contribution in [2.24, 2.45) is 0 Å². The molecule has 0 heterocycles. The van der Waals surface area contributed by atoms with Crippen molar-refractivity contribution in [2.45, 2.75) is 0 Å². The van der Waals surface area contributed by atoms with Crippen molar-refractivity contribution in [2.75, 3.05) is 14.2 Å². The summed E-state index contributed by atoms with van der Waals surface area (Å²) in [6.07, 6.45) is 2.99.